The number of halogens is 1. The number of amides is 1. The first-order valence-corrected chi connectivity index (χ1v) is 11.9. The number of para-hydroxylation sites is 1. The molecule has 7 nitrogen and oxygen atoms in total. The van der Waals surface area contributed by atoms with E-state index in [0.717, 1.165) is 61.2 Å². The first-order valence-electron chi connectivity index (χ1n) is 11.5. The zero-order valence-electron chi connectivity index (χ0n) is 18.3. The summed E-state index contributed by atoms with van der Waals surface area (Å²) < 4.78 is 4.06. The third kappa shape index (κ3) is 3.60. The summed E-state index contributed by atoms with van der Waals surface area (Å²) in [6.45, 7) is 2.10. The maximum absolute atomic E-state index is 13.4. The normalized spacial score (nSPS) is 18.0. The van der Waals surface area contributed by atoms with E-state index in [1.807, 2.05) is 65.6 Å². The number of imidazole rings is 1. The lowest BCUT2D eigenvalue weighted by Crippen LogP contribution is -2.44. The molecule has 0 unspecified atom stereocenters. The Morgan fingerprint density at radius 1 is 1.06 bits per heavy atom. The van der Waals surface area contributed by atoms with Gasteiger partial charge in [-0.25, -0.2) is 9.67 Å². The zero-order chi connectivity index (χ0) is 22.4. The zero-order valence-corrected chi connectivity index (χ0v) is 19.0. The second-order valence-corrected chi connectivity index (χ2v) is 9.57. The minimum Gasteiger partial charge on any atom is -0.342 e. The molecule has 0 N–H and O–H groups in total. The van der Waals surface area contributed by atoms with Gasteiger partial charge in [-0.2, -0.15) is 0 Å². The largest absolute Gasteiger partial charge is 0.342 e. The quantitative estimate of drug-likeness (QED) is 0.447. The molecule has 1 saturated carbocycles. The molecule has 8 heteroatoms. The lowest BCUT2D eigenvalue weighted by Gasteiger charge is -2.34. The fourth-order valence-electron chi connectivity index (χ4n) is 5.13. The number of carbonyl (C=O) groups is 1. The molecule has 33 heavy (non-hydrogen) atoms. The number of nitrogens with zero attached hydrogens (tertiary/aromatic N) is 6. The van der Waals surface area contributed by atoms with Crippen LogP contribution in [0.5, 0.6) is 0 Å². The van der Waals surface area contributed by atoms with E-state index >= 15 is 0 Å². The monoisotopic (exact) mass is 460 g/mol. The third-order valence-electron chi connectivity index (χ3n) is 7.16. The number of hydrogen-bond acceptors (Lipinski definition) is 4. The van der Waals surface area contributed by atoms with E-state index in [0.29, 0.717) is 17.6 Å². The molecule has 168 valence electrons. The number of rotatable bonds is 5. The summed E-state index contributed by atoms with van der Waals surface area (Å²) in [4.78, 5) is 20.1. The maximum atomic E-state index is 13.4. The van der Waals surface area contributed by atoms with Crippen molar-refractivity contribution in [2.75, 3.05) is 13.1 Å². The first kappa shape index (κ1) is 20.4. The predicted molar refractivity (Wildman–Crippen MR) is 126 cm³/mol. The first-order chi connectivity index (χ1) is 16.1. The van der Waals surface area contributed by atoms with E-state index in [9.17, 15) is 4.79 Å². The molecule has 2 fully saturated rings. The molecular weight excluding hydrogens is 436 g/mol. The van der Waals surface area contributed by atoms with E-state index in [4.69, 9.17) is 11.6 Å². The van der Waals surface area contributed by atoms with Gasteiger partial charge in [0.1, 0.15) is 18.0 Å². The number of fused-ring (bicyclic) bond motifs is 1. The van der Waals surface area contributed by atoms with Crippen LogP contribution < -0.4 is 0 Å². The standard InChI is InChI=1S/C25H25ClN6O/c26-20-7-5-19(6-8-20)25(11-12-25)24(33)30-14-9-18(10-15-30)23-27-13-16-31(23)17-32-22-4-2-1-3-21(22)28-29-32/h1-8,13,16,18H,9-12,14-15,17H2. The van der Waals surface area contributed by atoms with Gasteiger partial charge in [0.15, 0.2) is 0 Å². The van der Waals surface area contributed by atoms with Crippen LogP contribution in [0.4, 0.5) is 0 Å². The van der Waals surface area contributed by atoms with E-state index in [2.05, 4.69) is 24.8 Å². The predicted octanol–water partition coefficient (Wildman–Crippen LogP) is 4.22. The molecule has 1 saturated heterocycles. The SMILES string of the molecule is O=C(N1CCC(c2nccn2Cn2nnc3ccccc32)CC1)C1(c2ccc(Cl)cc2)CC1. The van der Waals surface area contributed by atoms with Crippen molar-refractivity contribution >= 4 is 28.5 Å². The molecule has 0 spiro atoms. The number of aromatic nitrogens is 5. The summed E-state index contributed by atoms with van der Waals surface area (Å²) >= 11 is 6.05. The molecule has 2 aromatic heterocycles. The molecule has 4 aromatic rings. The van der Waals surface area contributed by atoms with Gasteiger partial charge in [0.25, 0.3) is 0 Å². The fraction of sp³-hybridized carbons (Fsp3) is 0.360. The lowest BCUT2D eigenvalue weighted by molar-refractivity contribution is -0.135. The highest BCUT2D eigenvalue weighted by Gasteiger charge is 2.53. The maximum Gasteiger partial charge on any atom is 0.233 e. The Labute approximate surface area is 197 Å². The van der Waals surface area contributed by atoms with Crippen molar-refractivity contribution in [1.29, 1.82) is 0 Å². The summed E-state index contributed by atoms with van der Waals surface area (Å²) in [6.07, 6.45) is 7.52. The lowest BCUT2D eigenvalue weighted by atomic mass is 9.91. The van der Waals surface area contributed by atoms with Crippen LogP contribution in [0.2, 0.25) is 5.02 Å². The van der Waals surface area contributed by atoms with Crippen LogP contribution in [-0.2, 0) is 16.9 Å². The van der Waals surface area contributed by atoms with Crippen LogP contribution >= 0.6 is 11.6 Å². The van der Waals surface area contributed by atoms with Crippen LogP contribution in [0.3, 0.4) is 0 Å². The Hall–Kier alpha value is -3.19. The number of carbonyl (C=O) groups excluding carboxylic acids is 1. The van der Waals surface area contributed by atoms with Gasteiger partial charge in [0.2, 0.25) is 5.91 Å². The summed E-state index contributed by atoms with van der Waals surface area (Å²) in [7, 11) is 0. The summed E-state index contributed by atoms with van der Waals surface area (Å²) in [5.41, 5.74) is 2.65. The Morgan fingerprint density at radius 2 is 1.82 bits per heavy atom. The van der Waals surface area contributed by atoms with E-state index in [-0.39, 0.29) is 11.3 Å². The number of likely N-dealkylation sites (tertiary alicyclic amines) is 1. The molecule has 2 aromatic carbocycles. The number of benzene rings is 2. The van der Waals surface area contributed by atoms with E-state index in [1.54, 1.807) is 0 Å². The number of hydrogen-bond donors (Lipinski definition) is 0. The Balaban J connectivity index is 1.14. The average Bonchev–Trinajstić information content (AvgIpc) is 3.36. The second-order valence-electron chi connectivity index (χ2n) is 9.13. The molecule has 1 aliphatic heterocycles. The van der Waals surface area contributed by atoms with Crippen LogP contribution in [0.1, 0.15) is 43.0 Å². The van der Waals surface area contributed by atoms with Crippen LogP contribution in [0.25, 0.3) is 11.0 Å². The Bertz CT molecular complexity index is 1300. The van der Waals surface area contributed by atoms with Gasteiger partial charge in [-0.05, 0) is 55.5 Å². The molecule has 2 aliphatic rings. The summed E-state index contributed by atoms with van der Waals surface area (Å²) in [5.74, 6) is 1.64. The van der Waals surface area contributed by atoms with Gasteiger partial charge < -0.3 is 9.47 Å². The minimum absolute atomic E-state index is 0.265. The second kappa shape index (κ2) is 7.99. The van der Waals surface area contributed by atoms with Gasteiger partial charge in [-0.3, -0.25) is 4.79 Å². The molecule has 6 rings (SSSR count). The minimum atomic E-state index is -0.343. The summed E-state index contributed by atoms with van der Waals surface area (Å²) in [5, 5.41) is 9.28. The smallest absolute Gasteiger partial charge is 0.233 e. The van der Waals surface area contributed by atoms with Crippen molar-refractivity contribution in [3.63, 3.8) is 0 Å². The van der Waals surface area contributed by atoms with Gasteiger partial charge >= 0.3 is 0 Å². The van der Waals surface area contributed by atoms with Gasteiger partial charge in [0, 0.05) is 36.4 Å². The highest BCUT2D eigenvalue weighted by molar-refractivity contribution is 6.30. The topological polar surface area (TPSA) is 68.8 Å². The Morgan fingerprint density at radius 3 is 2.58 bits per heavy atom. The third-order valence-corrected chi connectivity index (χ3v) is 7.41. The molecule has 0 radical (unpaired) electrons. The molecule has 3 heterocycles. The average molecular weight is 461 g/mol. The Kier molecular flexibility index (Phi) is 4.94. The fourth-order valence-corrected chi connectivity index (χ4v) is 5.26. The highest BCUT2D eigenvalue weighted by Crippen LogP contribution is 2.50. The van der Waals surface area contributed by atoms with Crippen LogP contribution in [0, 0.1) is 0 Å². The van der Waals surface area contributed by atoms with Crippen molar-refractivity contribution in [3.8, 4) is 0 Å². The van der Waals surface area contributed by atoms with Gasteiger partial charge in [-0.15, -0.1) is 5.10 Å². The van der Waals surface area contributed by atoms with Gasteiger partial charge in [-0.1, -0.05) is 41.1 Å². The van der Waals surface area contributed by atoms with Crippen molar-refractivity contribution in [1.82, 2.24) is 29.4 Å². The molecule has 1 aliphatic carbocycles. The van der Waals surface area contributed by atoms with Crippen molar-refractivity contribution in [3.05, 3.63) is 77.3 Å². The van der Waals surface area contributed by atoms with Crippen LogP contribution in [0.15, 0.2) is 60.9 Å². The van der Waals surface area contributed by atoms with Crippen LogP contribution in [-0.4, -0.2) is 48.4 Å². The molecule has 1 amide bonds. The molecule has 0 atom stereocenters. The van der Waals surface area contributed by atoms with Crippen molar-refractivity contribution in [2.24, 2.45) is 0 Å². The van der Waals surface area contributed by atoms with E-state index < -0.39 is 0 Å². The number of piperidine rings is 1. The van der Waals surface area contributed by atoms with Gasteiger partial charge in [0.05, 0.1) is 10.9 Å². The summed E-state index contributed by atoms with van der Waals surface area (Å²) in [6, 6.07) is 15.7. The molecule has 0 bridgehead atoms. The van der Waals surface area contributed by atoms with Crippen molar-refractivity contribution in [2.45, 2.75) is 43.7 Å². The van der Waals surface area contributed by atoms with E-state index in [1.165, 1.54) is 0 Å². The highest BCUT2D eigenvalue weighted by atomic mass is 35.5. The molecular formula is C25H25ClN6O. The van der Waals surface area contributed by atoms with Crippen molar-refractivity contribution < 1.29 is 4.79 Å².